The molecule has 12 rings (SSSR count). The van der Waals surface area contributed by atoms with Crippen molar-refractivity contribution >= 4 is 66.5 Å². The Hall–Kier alpha value is -6.75. The van der Waals surface area contributed by atoms with Crippen molar-refractivity contribution in [1.82, 2.24) is 9.13 Å². The van der Waals surface area contributed by atoms with E-state index >= 15 is 0 Å². The Morgan fingerprint density at radius 2 is 1.07 bits per heavy atom. The van der Waals surface area contributed by atoms with E-state index in [2.05, 4.69) is 191 Å². The molecule has 0 atom stereocenters. The van der Waals surface area contributed by atoms with Gasteiger partial charge in [0, 0.05) is 42.4 Å². The van der Waals surface area contributed by atoms with E-state index in [1.807, 2.05) is 11.8 Å². The number of aromatic nitrogens is 2. The molecule has 0 N–H and O–H groups in total. The molecule has 4 heterocycles. The highest BCUT2D eigenvalue weighted by Crippen LogP contribution is 2.53. The van der Waals surface area contributed by atoms with Crippen molar-refractivity contribution in [2.45, 2.75) is 9.79 Å². The summed E-state index contributed by atoms with van der Waals surface area (Å²) in [6.45, 7) is 0. The summed E-state index contributed by atoms with van der Waals surface area (Å²) in [7, 11) is 0. The van der Waals surface area contributed by atoms with Crippen LogP contribution in [0.2, 0.25) is 0 Å². The monoisotopic (exact) mass is 706 g/mol. The van der Waals surface area contributed by atoms with E-state index in [1.165, 1.54) is 70.6 Å². The topological polar surface area (TPSA) is 23.0 Å². The Labute approximate surface area is 315 Å². The lowest BCUT2D eigenvalue weighted by Crippen LogP contribution is -2.06. The molecule has 0 aliphatic carbocycles. The molecule has 3 nitrogen and oxygen atoms in total. The second-order valence-electron chi connectivity index (χ2n) is 14.1. The summed E-state index contributed by atoms with van der Waals surface area (Å²) in [6.07, 6.45) is 0. The average Bonchev–Trinajstić information content (AvgIpc) is 3.89. The number of hydrogen-bond acceptors (Lipinski definition) is 2. The van der Waals surface area contributed by atoms with Crippen LogP contribution in [0.5, 0.6) is 0 Å². The number of nitrogens with zero attached hydrogens (tertiary/aromatic N) is 2. The fourth-order valence-corrected chi connectivity index (χ4v) is 9.97. The van der Waals surface area contributed by atoms with Crippen LogP contribution < -0.4 is 0 Å². The van der Waals surface area contributed by atoms with Crippen LogP contribution >= 0.6 is 11.8 Å². The molecular formula is C50H30N2OS. The predicted molar refractivity (Wildman–Crippen MR) is 225 cm³/mol. The quantitative estimate of drug-likeness (QED) is 0.182. The average molecular weight is 707 g/mol. The van der Waals surface area contributed by atoms with Gasteiger partial charge in [-0.1, -0.05) is 139 Å². The number of hydrogen-bond donors (Lipinski definition) is 0. The predicted octanol–water partition coefficient (Wildman–Crippen LogP) is 14.1. The zero-order chi connectivity index (χ0) is 35.3. The van der Waals surface area contributed by atoms with E-state index in [9.17, 15) is 0 Å². The van der Waals surface area contributed by atoms with Crippen LogP contribution in [0.25, 0.3) is 99.5 Å². The molecule has 0 bridgehead atoms. The van der Waals surface area contributed by atoms with Gasteiger partial charge in [0.1, 0.15) is 16.8 Å². The molecule has 0 saturated carbocycles. The van der Waals surface area contributed by atoms with Crippen molar-refractivity contribution in [3.63, 3.8) is 0 Å². The number of furan rings is 1. The second-order valence-corrected chi connectivity index (χ2v) is 15.1. The van der Waals surface area contributed by atoms with E-state index in [0.29, 0.717) is 0 Å². The second kappa shape index (κ2) is 11.4. The van der Waals surface area contributed by atoms with Crippen LogP contribution in [0, 0.1) is 0 Å². The molecule has 3 aromatic heterocycles. The Bertz CT molecular complexity index is 3290. The van der Waals surface area contributed by atoms with Crippen molar-refractivity contribution in [2.75, 3.05) is 0 Å². The van der Waals surface area contributed by atoms with E-state index in [4.69, 9.17) is 4.42 Å². The summed E-state index contributed by atoms with van der Waals surface area (Å²) in [5.41, 5.74) is 14.9. The van der Waals surface area contributed by atoms with Gasteiger partial charge in [-0.3, -0.25) is 9.13 Å². The molecule has 4 heteroatoms. The lowest BCUT2D eigenvalue weighted by Gasteiger charge is -2.23. The molecule has 0 amide bonds. The van der Waals surface area contributed by atoms with Crippen LogP contribution in [0.4, 0.5) is 0 Å². The number of para-hydroxylation sites is 3. The van der Waals surface area contributed by atoms with Gasteiger partial charge in [-0.2, -0.15) is 0 Å². The zero-order valence-corrected chi connectivity index (χ0v) is 29.8. The van der Waals surface area contributed by atoms with Crippen LogP contribution in [0.1, 0.15) is 0 Å². The molecule has 8 aromatic carbocycles. The third kappa shape index (κ3) is 4.20. The van der Waals surface area contributed by atoms with Crippen LogP contribution in [-0.4, -0.2) is 9.13 Å². The van der Waals surface area contributed by atoms with Crippen molar-refractivity contribution in [2.24, 2.45) is 0 Å². The fourth-order valence-electron chi connectivity index (χ4n) is 8.76. The molecule has 0 unspecified atom stereocenters. The highest BCUT2D eigenvalue weighted by molar-refractivity contribution is 8.00. The van der Waals surface area contributed by atoms with Crippen molar-refractivity contribution in [1.29, 1.82) is 0 Å². The van der Waals surface area contributed by atoms with Crippen LogP contribution in [0.15, 0.2) is 196 Å². The van der Waals surface area contributed by atoms with Gasteiger partial charge in [-0.15, -0.1) is 0 Å². The first-order valence-electron chi connectivity index (χ1n) is 18.3. The fraction of sp³-hybridized carbons (Fsp3) is 0. The number of rotatable bonds is 4. The van der Waals surface area contributed by atoms with Crippen LogP contribution in [0.3, 0.4) is 0 Å². The minimum atomic E-state index is 0.896. The third-order valence-electron chi connectivity index (χ3n) is 11.1. The van der Waals surface area contributed by atoms with Gasteiger partial charge in [-0.25, -0.2) is 0 Å². The van der Waals surface area contributed by atoms with Gasteiger partial charge in [0.2, 0.25) is 0 Å². The summed E-state index contributed by atoms with van der Waals surface area (Å²) in [6, 6.07) is 65.7. The van der Waals surface area contributed by atoms with Gasteiger partial charge < -0.3 is 4.42 Å². The Morgan fingerprint density at radius 1 is 0.426 bits per heavy atom. The summed E-state index contributed by atoms with van der Waals surface area (Å²) in [5, 5.41) is 6.08. The summed E-state index contributed by atoms with van der Waals surface area (Å²) in [5.74, 6) is 0. The minimum absolute atomic E-state index is 0.896. The van der Waals surface area contributed by atoms with Crippen molar-refractivity contribution < 1.29 is 4.42 Å². The highest BCUT2D eigenvalue weighted by Gasteiger charge is 2.30. The molecule has 0 saturated heterocycles. The van der Waals surface area contributed by atoms with Gasteiger partial charge in [-0.05, 0) is 88.0 Å². The van der Waals surface area contributed by atoms with E-state index in [-0.39, 0.29) is 0 Å². The Morgan fingerprint density at radius 3 is 1.91 bits per heavy atom. The minimum Gasteiger partial charge on any atom is -0.456 e. The number of fused-ring (bicyclic) bond motifs is 10. The molecule has 0 radical (unpaired) electrons. The highest BCUT2D eigenvalue weighted by atomic mass is 32.2. The van der Waals surface area contributed by atoms with Gasteiger partial charge in [0.25, 0.3) is 0 Å². The van der Waals surface area contributed by atoms with E-state index in [0.717, 1.165) is 38.8 Å². The van der Waals surface area contributed by atoms with E-state index < -0.39 is 0 Å². The lowest BCUT2D eigenvalue weighted by molar-refractivity contribution is 0.669. The van der Waals surface area contributed by atoms with E-state index in [1.54, 1.807) is 0 Å². The molecule has 252 valence electrons. The summed E-state index contributed by atoms with van der Waals surface area (Å²) >= 11 is 1.88. The Kier molecular flexibility index (Phi) is 6.27. The maximum atomic E-state index is 6.59. The first-order chi connectivity index (χ1) is 26.8. The molecule has 1 aliphatic heterocycles. The van der Waals surface area contributed by atoms with Crippen LogP contribution in [-0.2, 0) is 0 Å². The molecular weight excluding hydrogens is 677 g/mol. The maximum Gasteiger partial charge on any atom is 0.136 e. The summed E-state index contributed by atoms with van der Waals surface area (Å²) < 4.78 is 11.6. The maximum absolute atomic E-state index is 6.59. The standard InChI is InChI=1S/C50H30N2OS/c1-3-13-31(14-4-1)32-23-25-37-38-26-24-33(30-45(38)53-44(37)29-32)35-17-7-8-18-36(35)39-27-28-41-47-40-19-9-10-20-42(40)51(34-15-5-2-6-16-34)50(47)52-43-21-11-12-22-46(43)54-49(39)48(41)52/h1-30H. The van der Waals surface area contributed by atoms with Crippen molar-refractivity contribution in [3.05, 3.63) is 182 Å². The van der Waals surface area contributed by atoms with Gasteiger partial charge in [0.15, 0.2) is 0 Å². The third-order valence-corrected chi connectivity index (χ3v) is 12.3. The lowest BCUT2D eigenvalue weighted by atomic mass is 9.93. The molecule has 11 aromatic rings. The molecule has 1 aliphatic rings. The van der Waals surface area contributed by atoms with Gasteiger partial charge in [0.05, 0.1) is 16.7 Å². The molecule has 0 spiro atoms. The largest absolute Gasteiger partial charge is 0.456 e. The smallest absolute Gasteiger partial charge is 0.136 e. The molecule has 54 heavy (non-hydrogen) atoms. The first-order valence-corrected chi connectivity index (χ1v) is 19.2. The molecule has 0 fully saturated rings. The SMILES string of the molecule is c1ccc(-c2ccc3c(c2)oc2cc(-c4ccccc4-c4ccc5c6c7ccccc7n(-c7ccccc7)c6n6c5c4Sc4ccccc4-6)ccc23)cc1. The van der Waals surface area contributed by atoms with Gasteiger partial charge >= 0.3 is 0 Å². The normalized spacial score (nSPS) is 12.4. The first kappa shape index (κ1) is 29.8. The summed E-state index contributed by atoms with van der Waals surface area (Å²) in [4.78, 5) is 2.52. The Balaban J connectivity index is 1.09. The number of benzene rings is 8. The zero-order valence-electron chi connectivity index (χ0n) is 29.0. The van der Waals surface area contributed by atoms with Crippen molar-refractivity contribution in [3.8, 4) is 44.8 Å².